The summed E-state index contributed by atoms with van der Waals surface area (Å²) in [4.78, 5) is 32.0. The summed E-state index contributed by atoms with van der Waals surface area (Å²) in [5.74, 6) is -0.836. The lowest BCUT2D eigenvalue weighted by Gasteiger charge is -2.27. The van der Waals surface area contributed by atoms with Crippen molar-refractivity contribution in [3.05, 3.63) is 71.3 Å². The second-order valence-electron chi connectivity index (χ2n) is 9.86. The van der Waals surface area contributed by atoms with Gasteiger partial charge in [-0.1, -0.05) is 12.6 Å². The number of aromatic nitrogens is 1. The lowest BCUT2D eigenvalue weighted by atomic mass is 10.0. The average molecular weight is 465 g/mol. The van der Waals surface area contributed by atoms with Crippen molar-refractivity contribution in [3.8, 4) is 0 Å². The number of carbonyl (C=O) groups is 2. The molecule has 6 nitrogen and oxygen atoms in total. The predicted molar refractivity (Wildman–Crippen MR) is 130 cm³/mol. The van der Waals surface area contributed by atoms with Crippen LogP contribution in [0.4, 0.5) is 4.39 Å². The summed E-state index contributed by atoms with van der Waals surface area (Å²) in [6, 6.07) is 6.25. The zero-order valence-corrected chi connectivity index (χ0v) is 20.3. The molecular formula is C27H33FN4O2. The van der Waals surface area contributed by atoms with Crippen molar-refractivity contribution in [2.75, 3.05) is 0 Å². The van der Waals surface area contributed by atoms with E-state index in [4.69, 9.17) is 0 Å². The van der Waals surface area contributed by atoms with Crippen LogP contribution in [-0.2, 0) is 4.79 Å². The van der Waals surface area contributed by atoms with Crippen molar-refractivity contribution in [1.29, 1.82) is 0 Å². The lowest BCUT2D eigenvalue weighted by molar-refractivity contribution is -0.124. The van der Waals surface area contributed by atoms with Gasteiger partial charge in [-0.05, 0) is 77.1 Å². The zero-order valence-electron chi connectivity index (χ0n) is 20.3. The number of hydrogen-bond donors (Lipinski definition) is 2. The van der Waals surface area contributed by atoms with Crippen molar-refractivity contribution in [3.63, 3.8) is 0 Å². The van der Waals surface area contributed by atoms with Crippen molar-refractivity contribution in [2.45, 2.75) is 77.0 Å². The van der Waals surface area contributed by atoms with E-state index < -0.39 is 17.4 Å². The van der Waals surface area contributed by atoms with E-state index in [1.54, 1.807) is 31.5 Å². The summed E-state index contributed by atoms with van der Waals surface area (Å²) in [5.41, 5.74) is 2.42. The second kappa shape index (κ2) is 9.20. The molecular weight excluding hydrogens is 431 g/mol. The fourth-order valence-electron chi connectivity index (χ4n) is 4.78. The highest BCUT2D eigenvalue weighted by molar-refractivity contribution is 5.95. The van der Waals surface area contributed by atoms with Gasteiger partial charge in [-0.3, -0.25) is 14.6 Å². The molecule has 2 fully saturated rings. The van der Waals surface area contributed by atoms with E-state index >= 15 is 4.39 Å². The number of benzene rings is 1. The van der Waals surface area contributed by atoms with Gasteiger partial charge in [-0.25, -0.2) is 4.39 Å². The molecule has 1 saturated carbocycles. The first kappa shape index (κ1) is 23.9. The van der Waals surface area contributed by atoms with Gasteiger partial charge >= 0.3 is 0 Å². The standard InChI is InChI=1S/C27H33FN4O2/c1-16-12-22(15-29-14-16)19(4)31-27(10-11-27)26(34)30-20(5)23-9-8-21(13-24(23)28)25(33)32-17(2)6-7-18(32)3/h8-9,12-15,17-18,20,31H,4,6-7,10-11H2,1-3,5H3,(H,30,34)/t17?,18?,20-/m1/s1. The summed E-state index contributed by atoms with van der Waals surface area (Å²) >= 11 is 0. The molecule has 0 radical (unpaired) electrons. The maximum Gasteiger partial charge on any atom is 0.254 e. The molecule has 3 atom stereocenters. The molecule has 1 aromatic heterocycles. The Labute approximate surface area is 200 Å². The van der Waals surface area contributed by atoms with Crippen LogP contribution < -0.4 is 10.6 Å². The molecule has 2 unspecified atom stereocenters. The van der Waals surface area contributed by atoms with E-state index in [0.717, 1.165) is 24.0 Å². The average Bonchev–Trinajstić information content (AvgIpc) is 3.50. The van der Waals surface area contributed by atoms with Gasteiger partial charge in [-0.2, -0.15) is 0 Å². The maximum atomic E-state index is 15.0. The third-order valence-electron chi connectivity index (χ3n) is 7.05. The number of likely N-dealkylation sites (tertiary alicyclic amines) is 1. The SMILES string of the molecule is C=C(NC1(C(=O)N[C@H](C)c2ccc(C(=O)N3C(C)CCC3C)cc2F)CC1)c1cncc(C)c1. The number of pyridine rings is 1. The van der Waals surface area contributed by atoms with Crippen molar-refractivity contribution in [1.82, 2.24) is 20.5 Å². The maximum absolute atomic E-state index is 15.0. The van der Waals surface area contributed by atoms with Gasteiger partial charge in [0, 0.05) is 46.9 Å². The molecule has 0 spiro atoms. The Morgan fingerprint density at radius 2 is 1.82 bits per heavy atom. The zero-order chi connectivity index (χ0) is 24.6. The smallest absolute Gasteiger partial charge is 0.254 e. The van der Waals surface area contributed by atoms with E-state index in [-0.39, 0.29) is 23.9 Å². The number of nitrogens with one attached hydrogen (secondary N) is 2. The molecule has 1 aliphatic carbocycles. The quantitative estimate of drug-likeness (QED) is 0.632. The third-order valence-corrected chi connectivity index (χ3v) is 7.05. The number of carbonyl (C=O) groups excluding carboxylic acids is 2. The lowest BCUT2D eigenvalue weighted by Crippen LogP contribution is -2.46. The Morgan fingerprint density at radius 3 is 2.41 bits per heavy atom. The minimum atomic E-state index is -0.747. The van der Waals surface area contributed by atoms with Gasteiger partial charge in [-0.15, -0.1) is 0 Å². The van der Waals surface area contributed by atoms with E-state index in [9.17, 15) is 9.59 Å². The number of amides is 2. The summed E-state index contributed by atoms with van der Waals surface area (Å²) in [6.07, 6.45) is 6.73. The summed E-state index contributed by atoms with van der Waals surface area (Å²) in [5, 5.41) is 6.19. The Kier molecular flexibility index (Phi) is 6.47. The molecule has 2 heterocycles. The van der Waals surface area contributed by atoms with Crippen LogP contribution in [0.3, 0.4) is 0 Å². The molecule has 34 heavy (non-hydrogen) atoms. The monoisotopic (exact) mass is 464 g/mol. The number of aryl methyl sites for hydroxylation is 1. The molecule has 2 aromatic rings. The first-order valence-corrected chi connectivity index (χ1v) is 11.9. The van der Waals surface area contributed by atoms with Crippen LogP contribution >= 0.6 is 0 Å². The predicted octanol–water partition coefficient (Wildman–Crippen LogP) is 4.51. The van der Waals surface area contributed by atoms with Gasteiger partial charge in [0.05, 0.1) is 6.04 Å². The van der Waals surface area contributed by atoms with Crippen molar-refractivity contribution < 1.29 is 14.0 Å². The van der Waals surface area contributed by atoms with Gasteiger partial charge in [0.25, 0.3) is 5.91 Å². The molecule has 2 N–H and O–H groups in total. The molecule has 1 aromatic carbocycles. The molecule has 1 saturated heterocycles. The minimum Gasteiger partial charge on any atom is -0.371 e. The highest BCUT2D eigenvalue weighted by Gasteiger charge is 2.50. The fourth-order valence-corrected chi connectivity index (χ4v) is 4.78. The van der Waals surface area contributed by atoms with Crippen molar-refractivity contribution >= 4 is 17.5 Å². The first-order valence-electron chi connectivity index (χ1n) is 11.9. The topological polar surface area (TPSA) is 74.3 Å². The van der Waals surface area contributed by atoms with Crippen LogP contribution in [0.15, 0.2) is 43.2 Å². The van der Waals surface area contributed by atoms with Gasteiger partial charge in [0.2, 0.25) is 5.91 Å². The van der Waals surface area contributed by atoms with Crippen LogP contribution in [0.2, 0.25) is 0 Å². The molecule has 4 rings (SSSR count). The van der Waals surface area contributed by atoms with E-state index in [0.29, 0.717) is 29.7 Å². The van der Waals surface area contributed by atoms with Crippen molar-refractivity contribution in [2.24, 2.45) is 0 Å². The summed E-state index contributed by atoms with van der Waals surface area (Å²) < 4.78 is 15.0. The van der Waals surface area contributed by atoms with Crippen LogP contribution in [-0.4, -0.2) is 39.3 Å². The highest BCUT2D eigenvalue weighted by atomic mass is 19.1. The Hall–Kier alpha value is -3.22. The van der Waals surface area contributed by atoms with Crippen LogP contribution in [0, 0.1) is 12.7 Å². The van der Waals surface area contributed by atoms with Gasteiger partial charge in [0.15, 0.2) is 0 Å². The van der Waals surface area contributed by atoms with Crippen LogP contribution in [0.25, 0.3) is 5.70 Å². The Morgan fingerprint density at radius 1 is 1.15 bits per heavy atom. The van der Waals surface area contributed by atoms with Crippen LogP contribution in [0.1, 0.15) is 79.5 Å². The normalized spacial score (nSPS) is 21.6. The van der Waals surface area contributed by atoms with Crippen LogP contribution in [0.5, 0.6) is 0 Å². The number of rotatable bonds is 7. The molecule has 0 bridgehead atoms. The fraction of sp³-hybridized carbons (Fsp3) is 0.444. The molecule has 7 heteroatoms. The number of nitrogens with zero attached hydrogens (tertiary/aromatic N) is 2. The summed E-state index contributed by atoms with van der Waals surface area (Å²) in [6.45, 7) is 11.8. The van der Waals surface area contributed by atoms with Gasteiger partial charge < -0.3 is 15.5 Å². The molecule has 2 amide bonds. The summed E-state index contributed by atoms with van der Waals surface area (Å²) in [7, 11) is 0. The minimum absolute atomic E-state index is 0.148. The van der Waals surface area contributed by atoms with Gasteiger partial charge in [0.1, 0.15) is 11.4 Å². The Balaban J connectivity index is 1.42. The largest absolute Gasteiger partial charge is 0.371 e. The number of hydrogen-bond acceptors (Lipinski definition) is 4. The molecule has 180 valence electrons. The third kappa shape index (κ3) is 4.69. The van der Waals surface area contributed by atoms with E-state index in [2.05, 4.69) is 22.2 Å². The molecule has 1 aliphatic heterocycles. The van der Waals surface area contributed by atoms with E-state index in [1.165, 1.54) is 6.07 Å². The van der Waals surface area contributed by atoms with E-state index in [1.807, 2.05) is 31.7 Å². The molecule has 2 aliphatic rings. The first-order chi connectivity index (χ1) is 16.1. The second-order valence-corrected chi connectivity index (χ2v) is 9.86. The Bertz CT molecular complexity index is 1120. The highest BCUT2D eigenvalue weighted by Crippen LogP contribution is 2.38. The number of halogens is 1.